The molecule has 0 fully saturated rings. The van der Waals surface area contributed by atoms with Crippen LogP contribution in [0.3, 0.4) is 0 Å². The van der Waals surface area contributed by atoms with E-state index in [-0.39, 0.29) is 18.4 Å². The molecule has 6 heteroatoms. The Bertz CT molecular complexity index is 871. The van der Waals surface area contributed by atoms with Crippen LogP contribution in [0.1, 0.15) is 11.1 Å². The number of anilines is 1. The first kappa shape index (κ1) is 18.2. The lowest BCUT2D eigenvalue weighted by Crippen LogP contribution is -2.30. The maximum Gasteiger partial charge on any atom is 0.268 e. The standard InChI is InChI=1S/C20H19BrN2O3/c1-22(2)15-8-6-14(7-9-15)17-18(21)20(25)23(19(17)24)12-13-4-10-16(26-3)11-5-13/h4-11H,12H2,1-3H3. The first-order chi connectivity index (χ1) is 12.4. The molecule has 0 radical (unpaired) electrons. The first-order valence-electron chi connectivity index (χ1n) is 8.09. The van der Waals surface area contributed by atoms with Gasteiger partial charge in [-0.25, -0.2) is 0 Å². The highest BCUT2D eigenvalue weighted by molar-refractivity contribution is 9.12. The Morgan fingerprint density at radius 3 is 2.12 bits per heavy atom. The molecule has 0 aliphatic carbocycles. The average molecular weight is 415 g/mol. The van der Waals surface area contributed by atoms with Gasteiger partial charge in [0, 0.05) is 19.8 Å². The van der Waals surface area contributed by atoms with E-state index in [1.165, 1.54) is 4.90 Å². The Morgan fingerprint density at radius 2 is 1.58 bits per heavy atom. The summed E-state index contributed by atoms with van der Waals surface area (Å²) in [6, 6.07) is 14.9. The van der Waals surface area contributed by atoms with Crippen molar-refractivity contribution in [3.8, 4) is 5.75 Å². The average Bonchev–Trinajstić information content (AvgIpc) is 2.86. The number of hydrogen-bond donors (Lipinski definition) is 0. The summed E-state index contributed by atoms with van der Waals surface area (Å²) in [4.78, 5) is 28.7. The summed E-state index contributed by atoms with van der Waals surface area (Å²) in [6.07, 6.45) is 0. The van der Waals surface area contributed by atoms with Gasteiger partial charge in [-0.3, -0.25) is 14.5 Å². The van der Waals surface area contributed by atoms with Gasteiger partial charge in [0.05, 0.1) is 23.7 Å². The number of rotatable bonds is 5. The van der Waals surface area contributed by atoms with Crippen LogP contribution in [-0.4, -0.2) is 37.9 Å². The van der Waals surface area contributed by atoms with E-state index in [1.54, 1.807) is 7.11 Å². The van der Waals surface area contributed by atoms with E-state index in [1.807, 2.05) is 67.5 Å². The molecule has 0 saturated heterocycles. The summed E-state index contributed by atoms with van der Waals surface area (Å²) in [5.74, 6) is 0.113. The van der Waals surface area contributed by atoms with E-state index >= 15 is 0 Å². The van der Waals surface area contributed by atoms with Crippen LogP contribution in [0.25, 0.3) is 5.57 Å². The van der Waals surface area contributed by atoms with Crippen LogP contribution >= 0.6 is 15.9 Å². The highest BCUT2D eigenvalue weighted by atomic mass is 79.9. The molecule has 2 amide bonds. The lowest BCUT2D eigenvalue weighted by molar-refractivity contribution is -0.137. The summed E-state index contributed by atoms with van der Waals surface area (Å²) in [6.45, 7) is 0.218. The largest absolute Gasteiger partial charge is 0.497 e. The van der Waals surface area contributed by atoms with Crippen LogP contribution in [0.5, 0.6) is 5.75 Å². The smallest absolute Gasteiger partial charge is 0.268 e. The molecule has 0 aromatic heterocycles. The lowest BCUT2D eigenvalue weighted by Gasteiger charge is -2.16. The number of carbonyl (C=O) groups excluding carboxylic acids is 2. The molecule has 5 nitrogen and oxygen atoms in total. The van der Waals surface area contributed by atoms with Crippen molar-refractivity contribution in [1.29, 1.82) is 0 Å². The summed E-state index contributed by atoms with van der Waals surface area (Å²) >= 11 is 3.31. The Kier molecular flexibility index (Phi) is 5.13. The fourth-order valence-electron chi connectivity index (χ4n) is 2.78. The topological polar surface area (TPSA) is 49.9 Å². The van der Waals surface area contributed by atoms with Crippen molar-refractivity contribution in [2.45, 2.75) is 6.54 Å². The third-order valence-electron chi connectivity index (χ3n) is 4.28. The normalized spacial score (nSPS) is 14.2. The number of benzene rings is 2. The second-order valence-electron chi connectivity index (χ2n) is 6.17. The van der Waals surface area contributed by atoms with E-state index in [2.05, 4.69) is 15.9 Å². The molecular formula is C20H19BrN2O3. The number of imide groups is 1. The summed E-state index contributed by atoms with van der Waals surface area (Å²) in [5, 5.41) is 0. The summed E-state index contributed by atoms with van der Waals surface area (Å²) < 4.78 is 5.43. The summed E-state index contributed by atoms with van der Waals surface area (Å²) in [5.41, 5.74) is 3.00. The number of amides is 2. The Labute approximate surface area is 161 Å². The van der Waals surface area contributed by atoms with E-state index in [0.29, 0.717) is 10.1 Å². The van der Waals surface area contributed by atoms with Crippen molar-refractivity contribution in [2.75, 3.05) is 26.1 Å². The highest BCUT2D eigenvalue weighted by Gasteiger charge is 2.37. The van der Waals surface area contributed by atoms with Gasteiger partial charge in [0.2, 0.25) is 0 Å². The minimum absolute atomic E-state index is 0.218. The molecule has 0 saturated carbocycles. The van der Waals surface area contributed by atoms with Crippen molar-refractivity contribution in [1.82, 2.24) is 4.90 Å². The van der Waals surface area contributed by atoms with Gasteiger partial charge in [0.25, 0.3) is 11.8 Å². The number of ether oxygens (including phenoxy) is 1. The van der Waals surface area contributed by atoms with Gasteiger partial charge in [-0.05, 0) is 51.3 Å². The van der Waals surface area contributed by atoms with E-state index in [0.717, 1.165) is 22.6 Å². The summed E-state index contributed by atoms with van der Waals surface area (Å²) in [7, 11) is 5.49. The molecule has 134 valence electrons. The Balaban J connectivity index is 1.84. The van der Waals surface area contributed by atoms with E-state index in [9.17, 15) is 9.59 Å². The molecule has 1 aliphatic heterocycles. The molecule has 1 aliphatic rings. The van der Waals surface area contributed by atoms with Crippen molar-refractivity contribution < 1.29 is 14.3 Å². The molecule has 2 aromatic carbocycles. The number of methoxy groups -OCH3 is 1. The van der Waals surface area contributed by atoms with Gasteiger partial charge in [0.15, 0.2) is 0 Å². The number of nitrogens with zero attached hydrogens (tertiary/aromatic N) is 2. The van der Waals surface area contributed by atoms with Gasteiger partial charge in [-0.15, -0.1) is 0 Å². The van der Waals surface area contributed by atoms with Crippen molar-refractivity contribution >= 4 is 39.0 Å². The van der Waals surface area contributed by atoms with Crippen LogP contribution in [0, 0.1) is 0 Å². The third-order valence-corrected chi connectivity index (χ3v) is 5.02. The number of hydrogen-bond acceptors (Lipinski definition) is 4. The van der Waals surface area contributed by atoms with Gasteiger partial charge in [0.1, 0.15) is 5.75 Å². The molecular weight excluding hydrogens is 396 g/mol. The minimum Gasteiger partial charge on any atom is -0.497 e. The zero-order valence-electron chi connectivity index (χ0n) is 14.8. The number of carbonyl (C=O) groups is 2. The fraction of sp³-hybridized carbons (Fsp3) is 0.200. The van der Waals surface area contributed by atoms with Crippen LogP contribution in [0.4, 0.5) is 5.69 Å². The maximum absolute atomic E-state index is 12.9. The Morgan fingerprint density at radius 1 is 0.962 bits per heavy atom. The van der Waals surface area contributed by atoms with Crippen LogP contribution in [0.15, 0.2) is 53.0 Å². The Hall–Kier alpha value is -2.60. The van der Waals surface area contributed by atoms with Gasteiger partial charge in [-0.1, -0.05) is 24.3 Å². The fourth-order valence-corrected chi connectivity index (χ4v) is 3.39. The quantitative estimate of drug-likeness (QED) is 0.703. The maximum atomic E-state index is 12.9. The van der Waals surface area contributed by atoms with E-state index < -0.39 is 0 Å². The predicted molar refractivity (Wildman–Crippen MR) is 105 cm³/mol. The zero-order valence-corrected chi connectivity index (χ0v) is 16.4. The molecule has 0 unspecified atom stereocenters. The van der Waals surface area contributed by atoms with Crippen molar-refractivity contribution in [3.05, 3.63) is 64.1 Å². The first-order valence-corrected chi connectivity index (χ1v) is 8.88. The van der Waals surface area contributed by atoms with Gasteiger partial charge >= 0.3 is 0 Å². The minimum atomic E-state index is -0.322. The SMILES string of the molecule is COc1ccc(CN2C(=O)C(Br)=C(c3ccc(N(C)C)cc3)C2=O)cc1. The van der Waals surface area contributed by atoms with Crippen LogP contribution in [-0.2, 0) is 16.1 Å². The third kappa shape index (κ3) is 3.37. The van der Waals surface area contributed by atoms with E-state index in [4.69, 9.17) is 4.74 Å². The van der Waals surface area contributed by atoms with Crippen LogP contribution < -0.4 is 9.64 Å². The lowest BCUT2D eigenvalue weighted by atomic mass is 10.1. The molecule has 26 heavy (non-hydrogen) atoms. The highest BCUT2D eigenvalue weighted by Crippen LogP contribution is 2.34. The molecule has 1 heterocycles. The second kappa shape index (κ2) is 7.33. The predicted octanol–water partition coefficient (Wildman–Crippen LogP) is 3.44. The zero-order chi connectivity index (χ0) is 18.8. The number of halogens is 1. The molecule has 0 bridgehead atoms. The molecule has 3 rings (SSSR count). The molecule has 0 atom stereocenters. The molecule has 0 spiro atoms. The van der Waals surface area contributed by atoms with Gasteiger partial charge < -0.3 is 9.64 Å². The van der Waals surface area contributed by atoms with Crippen molar-refractivity contribution in [2.24, 2.45) is 0 Å². The monoisotopic (exact) mass is 414 g/mol. The molecule has 2 aromatic rings. The van der Waals surface area contributed by atoms with Crippen molar-refractivity contribution in [3.63, 3.8) is 0 Å². The van der Waals surface area contributed by atoms with Crippen LogP contribution in [0.2, 0.25) is 0 Å². The second-order valence-corrected chi connectivity index (χ2v) is 6.97. The van der Waals surface area contributed by atoms with Gasteiger partial charge in [-0.2, -0.15) is 0 Å². The molecule has 0 N–H and O–H groups in total.